The first-order valence-electron chi connectivity index (χ1n) is 5.24. The van der Waals surface area contributed by atoms with E-state index in [1.165, 1.54) is 11.1 Å². The van der Waals surface area contributed by atoms with Gasteiger partial charge in [-0.3, -0.25) is 0 Å². The average molecular weight is 233 g/mol. The normalized spacial score (nSPS) is 11.1. The Bertz CT molecular complexity index is 641. The monoisotopic (exact) mass is 233 g/mol. The highest BCUT2D eigenvalue weighted by Crippen LogP contribution is 2.23. The van der Waals surface area contributed by atoms with E-state index in [9.17, 15) is 0 Å². The van der Waals surface area contributed by atoms with Crippen LogP contribution in [0.2, 0.25) is 0 Å². The van der Waals surface area contributed by atoms with Crippen molar-refractivity contribution in [2.75, 3.05) is 0 Å². The van der Waals surface area contributed by atoms with E-state index >= 15 is 0 Å². The number of pyridine rings is 1. The molecule has 0 amide bonds. The molecule has 0 atom stereocenters. The molecule has 2 aromatic rings. The molecule has 0 N–H and O–H groups in total. The molecule has 2 aromatic heterocycles. The predicted octanol–water partition coefficient (Wildman–Crippen LogP) is 2.93. The maximum absolute atomic E-state index is 5.20. The lowest BCUT2D eigenvalue weighted by atomic mass is 10.0. The van der Waals surface area contributed by atoms with Crippen LogP contribution in [-0.4, -0.2) is 14.5 Å². The van der Waals surface area contributed by atoms with Crippen LogP contribution < -0.4 is 0 Å². The lowest BCUT2D eigenvalue weighted by molar-refractivity contribution is 0.855. The van der Waals surface area contributed by atoms with Gasteiger partial charge in [-0.1, -0.05) is 0 Å². The SMILES string of the molecule is Cc1nc2c(c(C)nc(=S)n2C)c(C)c1C. The highest BCUT2D eigenvalue weighted by atomic mass is 32.1. The van der Waals surface area contributed by atoms with E-state index in [0.29, 0.717) is 4.77 Å². The van der Waals surface area contributed by atoms with Crippen molar-refractivity contribution in [3.63, 3.8) is 0 Å². The lowest BCUT2D eigenvalue weighted by Crippen LogP contribution is -2.06. The molecule has 0 spiro atoms. The van der Waals surface area contributed by atoms with Gasteiger partial charge in [0.2, 0.25) is 4.77 Å². The summed E-state index contributed by atoms with van der Waals surface area (Å²) in [6, 6.07) is 0. The third-order valence-electron chi connectivity index (χ3n) is 3.21. The molecule has 4 heteroatoms. The van der Waals surface area contributed by atoms with Gasteiger partial charge in [0, 0.05) is 18.1 Å². The Morgan fingerprint density at radius 1 is 0.938 bits per heavy atom. The van der Waals surface area contributed by atoms with E-state index in [4.69, 9.17) is 12.2 Å². The van der Waals surface area contributed by atoms with E-state index in [1.54, 1.807) is 0 Å². The molecule has 0 aliphatic carbocycles. The van der Waals surface area contributed by atoms with E-state index in [0.717, 1.165) is 22.4 Å². The van der Waals surface area contributed by atoms with Crippen LogP contribution in [0.25, 0.3) is 11.0 Å². The molecule has 2 heterocycles. The van der Waals surface area contributed by atoms with Crippen LogP contribution in [0.5, 0.6) is 0 Å². The second kappa shape index (κ2) is 3.63. The summed E-state index contributed by atoms with van der Waals surface area (Å²) < 4.78 is 2.46. The lowest BCUT2D eigenvalue weighted by Gasteiger charge is -2.13. The Morgan fingerprint density at radius 3 is 2.19 bits per heavy atom. The van der Waals surface area contributed by atoms with Crippen LogP contribution in [-0.2, 0) is 7.05 Å². The van der Waals surface area contributed by atoms with Crippen molar-refractivity contribution in [3.8, 4) is 0 Å². The number of hydrogen-bond donors (Lipinski definition) is 0. The van der Waals surface area contributed by atoms with Crippen LogP contribution >= 0.6 is 12.2 Å². The maximum atomic E-state index is 5.20. The summed E-state index contributed by atoms with van der Waals surface area (Å²) >= 11 is 5.20. The fourth-order valence-electron chi connectivity index (χ4n) is 1.97. The first kappa shape index (κ1) is 11.2. The summed E-state index contributed by atoms with van der Waals surface area (Å²) in [7, 11) is 1.92. The first-order chi connectivity index (χ1) is 7.43. The van der Waals surface area contributed by atoms with Crippen LogP contribution in [0.3, 0.4) is 0 Å². The molecule has 0 saturated heterocycles. The number of nitrogens with zero attached hydrogens (tertiary/aromatic N) is 3. The minimum atomic E-state index is 0.583. The highest BCUT2D eigenvalue weighted by molar-refractivity contribution is 7.71. The average Bonchev–Trinajstić information content (AvgIpc) is 2.22. The second-order valence-electron chi connectivity index (χ2n) is 4.18. The van der Waals surface area contributed by atoms with Crippen molar-refractivity contribution < 1.29 is 0 Å². The van der Waals surface area contributed by atoms with Crippen molar-refractivity contribution in [2.45, 2.75) is 27.7 Å². The Morgan fingerprint density at radius 2 is 1.56 bits per heavy atom. The largest absolute Gasteiger partial charge is 0.304 e. The van der Waals surface area contributed by atoms with Gasteiger partial charge in [0.1, 0.15) is 5.65 Å². The summed E-state index contributed by atoms with van der Waals surface area (Å²) in [5.74, 6) is 0. The number of aryl methyl sites for hydroxylation is 4. The molecule has 0 bridgehead atoms. The minimum Gasteiger partial charge on any atom is -0.304 e. The van der Waals surface area contributed by atoms with Crippen molar-refractivity contribution in [1.29, 1.82) is 0 Å². The Hall–Kier alpha value is -1.29. The van der Waals surface area contributed by atoms with Gasteiger partial charge in [-0.15, -0.1) is 0 Å². The highest BCUT2D eigenvalue weighted by Gasteiger charge is 2.11. The van der Waals surface area contributed by atoms with Crippen LogP contribution in [0, 0.1) is 32.5 Å². The second-order valence-corrected chi connectivity index (χ2v) is 4.55. The fraction of sp³-hybridized carbons (Fsp3) is 0.417. The van der Waals surface area contributed by atoms with Gasteiger partial charge in [-0.25, -0.2) is 9.97 Å². The standard InChI is InChI=1S/C12H15N3S/c1-6-7(2)10-9(4)14-12(16)15(5)11(10)13-8(6)3/h1-5H3. The quantitative estimate of drug-likeness (QED) is 0.655. The topological polar surface area (TPSA) is 30.7 Å². The minimum absolute atomic E-state index is 0.583. The Balaban J connectivity index is 3.13. The molecule has 0 unspecified atom stereocenters. The zero-order valence-corrected chi connectivity index (χ0v) is 11.1. The van der Waals surface area contributed by atoms with Gasteiger partial charge in [0.15, 0.2) is 0 Å². The number of aromatic nitrogens is 3. The van der Waals surface area contributed by atoms with Crippen LogP contribution in [0.15, 0.2) is 0 Å². The van der Waals surface area contributed by atoms with Crippen LogP contribution in [0.1, 0.15) is 22.5 Å². The molecular formula is C12H15N3S. The molecule has 0 aromatic carbocycles. The fourth-order valence-corrected chi connectivity index (χ4v) is 2.19. The number of rotatable bonds is 0. The molecule has 0 radical (unpaired) electrons. The summed E-state index contributed by atoms with van der Waals surface area (Å²) in [6.45, 7) is 8.23. The van der Waals surface area contributed by atoms with Crippen LogP contribution in [0.4, 0.5) is 0 Å². The third-order valence-corrected chi connectivity index (χ3v) is 3.57. The summed E-state index contributed by atoms with van der Waals surface area (Å²) in [4.78, 5) is 8.98. The third kappa shape index (κ3) is 1.45. The maximum Gasteiger partial charge on any atom is 0.201 e. The van der Waals surface area contributed by atoms with Crippen molar-refractivity contribution in [2.24, 2.45) is 7.05 Å². The molecular weight excluding hydrogens is 218 g/mol. The zero-order chi connectivity index (χ0) is 12.0. The van der Waals surface area contributed by atoms with Crippen molar-refractivity contribution in [1.82, 2.24) is 14.5 Å². The van der Waals surface area contributed by atoms with Gasteiger partial charge < -0.3 is 4.57 Å². The van der Waals surface area contributed by atoms with Crippen molar-refractivity contribution >= 4 is 23.3 Å². The molecule has 0 fully saturated rings. The summed E-state index contributed by atoms with van der Waals surface area (Å²) in [5.41, 5.74) is 5.43. The Labute approximate surface area is 100 Å². The van der Waals surface area contributed by atoms with E-state index in [2.05, 4.69) is 23.8 Å². The predicted molar refractivity (Wildman–Crippen MR) is 68.3 cm³/mol. The molecule has 84 valence electrons. The first-order valence-corrected chi connectivity index (χ1v) is 5.65. The molecule has 0 aliphatic heterocycles. The number of fused-ring (bicyclic) bond motifs is 1. The molecule has 3 nitrogen and oxygen atoms in total. The van der Waals surface area contributed by atoms with Gasteiger partial charge in [0.05, 0.1) is 5.69 Å². The number of hydrogen-bond acceptors (Lipinski definition) is 3. The van der Waals surface area contributed by atoms with E-state index in [1.807, 2.05) is 25.5 Å². The molecule has 0 aliphatic rings. The van der Waals surface area contributed by atoms with Crippen molar-refractivity contribution in [3.05, 3.63) is 27.3 Å². The summed E-state index contributed by atoms with van der Waals surface area (Å²) in [6.07, 6.45) is 0. The Kier molecular flexibility index (Phi) is 2.54. The zero-order valence-electron chi connectivity index (χ0n) is 10.2. The van der Waals surface area contributed by atoms with Gasteiger partial charge in [-0.05, 0) is 51.0 Å². The van der Waals surface area contributed by atoms with E-state index in [-0.39, 0.29) is 0 Å². The van der Waals surface area contributed by atoms with Gasteiger partial charge >= 0.3 is 0 Å². The van der Waals surface area contributed by atoms with Gasteiger partial charge in [0.25, 0.3) is 0 Å². The molecule has 2 rings (SSSR count). The van der Waals surface area contributed by atoms with E-state index < -0.39 is 0 Å². The van der Waals surface area contributed by atoms with Gasteiger partial charge in [-0.2, -0.15) is 0 Å². The smallest absolute Gasteiger partial charge is 0.201 e. The molecule has 0 saturated carbocycles. The molecule has 16 heavy (non-hydrogen) atoms. The summed E-state index contributed by atoms with van der Waals surface area (Å²) in [5, 5.41) is 1.12.